The third kappa shape index (κ3) is 4.94. The first-order valence-electron chi connectivity index (χ1n) is 10.7. The standard InChI is InChI=1S/C28H21BrFN3/c29-23-13-9-20(10-14-23)19-31-25-6-4-5-22(17-25)27-18-28(21-11-15-24(30)16-12-21)33(32-27)26-7-2-1-3-8-26/h1-17,19,28H,18H2. The van der Waals surface area contributed by atoms with Crippen molar-refractivity contribution in [2.24, 2.45) is 10.1 Å². The lowest BCUT2D eigenvalue weighted by Gasteiger charge is -2.23. The number of rotatable bonds is 5. The van der Waals surface area contributed by atoms with Crippen LogP contribution in [-0.4, -0.2) is 11.9 Å². The van der Waals surface area contributed by atoms with Crippen molar-refractivity contribution < 1.29 is 4.39 Å². The largest absolute Gasteiger partial charge is 0.257 e. The van der Waals surface area contributed by atoms with E-state index in [1.165, 1.54) is 12.1 Å². The zero-order valence-corrected chi connectivity index (χ0v) is 19.4. The first kappa shape index (κ1) is 21.3. The molecule has 1 unspecified atom stereocenters. The Kier molecular flexibility index (Phi) is 6.13. The molecule has 0 radical (unpaired) electrons. The summed E-state index contributed by atoms with van der Waals surface area (Å²) in [6, 6.07) is 32.9. The second-order valence-corrected chi connectivity index (χ2v) is 8.77. The van der Waals surface area contributed by atoms with E-state index in [2.05, 4.69) is 33.1 Å². The Morgan fingerprint density at radius 3 is 2.39 bits per heavy atom. The Labute approximate surface area is 201 Å². The molecule has 0 saturated heterocycles. The van der Waals surface area contributed by atoms with Gasteiger partial charge in [-0.1, -0.05) is 70.5 Å². The van der Waals surface area contributed by atoms with Crippen molar-refractivity contribution in [1.29, 1.82) is 0 Å². The molecule has 0 saturated carbocycles. The van der Waals surface area contributed by atoms with Gasteiger partial charge in [-0.15, -0.1) is 0 Å². The van der Waals surface area contributed by atoms with Crippen LogP contribution in [0, 0.1) is 5.82 Å². The lowest BCUT2D eigenvalue weighted by molar-refractivity contribution is 0.624. The summed E-state index contributed by atoms with van der Waals surface area (Å²) in [6.07, 6.45) is 2.58. The zero-order chi connectivity index (χ0) is 22.6. The molecule has 1 aliphatic heterocycles. The summed E-state index contributed by atoms with van der Waals surface area (Å²) in [5.41, 5.74) is 5.96. The lowest BCUT2D eigenvalue weighted by atomic mass is 9.98. The number of hydrazone groups is 1. The molecule has 0 aromatic heterocycles. The third-order valence-corrected chi connectivity index (χ3v) is 6.13. The van der Waals surface area contributed by atoms with Crippen LogP contribution in [0.5, 0.6) is 0 Å². The van der Waals surface area contributed by atoms with Crippen molar-refractivity contribution in [3.63, 3.8) is 0 Å². The highest BCUT2D eigenvalue weighted by Crippen LogP contribution is 2.37. The van der Waals surface area contributed by atoms with Crippen LogP contribution in [0.3, 0.4) is 0 Å². The minimum atomic E-state index is -0.236. The number of nitrogens with zero attached hydrogens (tertiary/aromatic N) is 3. The fourth-order valence-corrected chi connectivity index (χ4v) is 4.18. The molecule has 1 heterocycles. The Hall–Kier alpha value is -3.57. The summed E-state index contributed by atoms with van der Waals surface area (Å²) in [7, 11) is 0. The molecule has 3 nitrogen and oxygen atoms in total. The summed E-state index contributed by atoms with van der Waals surface area (Å²) in [5, 5.41) is 7.01. The molecule has 5 rings (SSSR count). The number of benzene rings is 4. The number of hydrogen-bond donors (Lipinski definition) is 0. The molecular weight excluding hydrogens is 477 g/mol. The van der Waals surface area contributed by atoms with E-state index in [9.17, 15) is 4.39 Å². The van der Waals surface area contributed by atoms with Crippen LogP contribution in [0.15, 0.2) is 118 Å². The van der Waals surface area contributed by atoms with Crippen LogP contribution in [0.25, 0.3) is 0 Å². The Balaban J connectivity index is 1.45. The monoisotopic (exact) mass is 497 g/mol. The van der Waals surface area contributed by atoms with Gasteiger partial charge in [-0.25, -0.2) is 4.39 Å². The van der Waals surface area contributed by atoms with Crippen LogP contribution < -0.4 is 5.01 Å². The molecule has 4 aromatic carbocycles. The molecule has 162 valence electrons. The van der Waals surface area contributed by atoms with E-state index < -0.39 is 0 Å². The maximum atomic E-state index is 13.5. The SMILES string of the molecule is Fc1ccc(C2CC(c3cccc(N=Cc4ccc(Br)cc4)c3)=NN2c2ccccc2)cc1. The van der Waals surface area contributed by atoms with Gasteiger partial charge < -0.3 is 0 Å². The first-order valence-corrected chi connectivity index (χ1v) is 11.5. The summed E-state index contributed by atoms with van der Waals surface area (Å²) in [5.74, 6) is -0.236. The minimum absolute atomic E-state index is 0.00192. The molecule has 0 fully saturated rings. The Morgan fingerprint density at radius 1 is 0.879 bits per heavy atom. The van der Waals surface area contributed by atoms with Crippen molar-refractivity contribution in [3.8, 4) is 0 Å². The van der Waals surface area contributed by atoms with Crippen molar-refractivity contribution in [2.45, 2.75) is 12.5 Å². The topological polar surface area (TPSA) is 28.0 Å². The van der Waals surface area contributed by atoms with E-state index in [4.69, 9.17) is 5.10 Å². The Morgan fingerprint density at radius 2 is 1.64 bits per heavy atom. The van der Waals surface area contributed by atoms with Crippen LogP contribution in [0.1, 0.15) is 29.2 Å². The maximum absolute atomic E-state index is 13.5. The van der Waals surface area contributed by atoms with Gasteiger partial charge in [0, 0.05) is 17.1 Å². The maximum Gasteiger partial charge on any atom is 0.123 e. The Bertz CT molecular complexity index is 1300. The zero-order valence-electron chi connectivity index (χ0n) is 17.8. The summed E-state index contributed by atoms with van der Waals surface area (Å²) < 4.78 is 14.6. The van der Waals surface area contributed by atoms with Gasteiger partial charge in [-0.2, -0.15) is 5.10 Å². The highest BCUT2D eigenvalue weighted by Gasteiger charge is 2.30. The third-order valence-electron chi connectivity index (χ3n) is 5.60. The van der Waals surface area contributed by atoms with Crippen LogP contribution >= 0.6 is 15.9 Å². The average molecular weight is 498 g/mol. The molecule has 4 aromatic rings. The van der Waals surface area contributed by atoms with Gasteiger partial charge in [0.15, 0.2) is 0 Å². The number of para-hydroxylation sites is 1. The highest BCUT2D eigenvalue weighted by atomic mass is 79.9. The minimum Gasteiger partial charge on any atom is -0.257 e. The lowest BCUT2D eigenvalue weighted by Crippen LogP contribution is -2.18. The van der Waals surface area contributed by atoms with E-state index in [1.54, 1.807) is 0 Å². The van der Waals surface area contributed by atoms with Crippen molar-refractivity contribution in [3.05, 3.63) is 130 Å². The second-order valence-electron chi connectivity index (χ2n) is 7.86. The van der Waals surface area contributed by atoms with Crippen LogP contribution in [0.2, 0.25) is 0 Å². The van der Waals surface area contributed by atoms with E-state index in [1.807, 2.05) is 90.1 Å². The summed E-state index contributed by atoms with van der Waals surface area (Å²) in [6.45, 7) is 0. The van der Waals surface area contributed by atoms with Gasteiger partial charge in [0.25, 0.3) is 0 Å². The number of hydrogen-bond acceptors (Lipinski definition) is 3. The van der Waals surface area contributed by atoms with Gasteiger partial charge in [-0.05, 0) is 65.2 Å². The van der Waals surface area contributed by atoms with Crippen LogP contribution in [-0.2, 0) is 0 Å². The summed E-state index contributed by atoms with van der Waals surface area (Å²) >= 11 is 3.46. The van der Waals surface area contributed by atoms with E-state index in [-0.39, 0.29) is 11.9 Å². The van der Waals surface area contributed by atoms with Gasteiger partial charge in [0.1, 0.15) is 5.82 Å². The smallest absolute Gasteiger partial charge is 0.123 e. The number of halogens is 2. The molecule has 0 N–H and O–H groups in total. The second kappa shape index (κ2) is 9.51. The highest BCUT2D eigenvalue weighted by molar-refractivity contribution is 9.10. The predicted octanol–water partition coefficient (Wildman–Crippen LogP) is 7.69. The van der Waals surface area contributed by atoms with Crippen molar-refractivity contribution in [1.82, 2.24) is 0 Å². The molecule has 5 heteroatoms. The molecule has 1 aliphatic rings. The number of anilines is 1. The quantitative estimate of drug-likeness (QED) is 0.259. The van der Waals surface area contributed by atoms with Gasteiger partial charge in [0.2, 0.25) is 0 Å². The molecule has 1 atom stereocenters. The molecule has 0 bridgehead atoms. The molecule has 0 amide bonds. The fourth-order valence-electron chi connectivity index (χ4n) is 3.91. The van der Waals surface area contributed by atoms with Crippen molar-refractivity contribution in [2.75, 3.05) is 5.01 Å². The number of aliphatic imine (C=N–C) groups is 1. The molecule has 0 aliphatic carbocycles. The van der Waals surface area contributed by atoms with E-state index in [0.29, 0.717) is 0 Å². The van der Waals surface area contributed by atoms with Gasteiger partial charge in [-0.3, -0.25) is 10.0 Å². The van der Waals surface area contributed by atoms with E-state index >= 15 is 0 Å². The molecular formula is C28H21BrFN3. The fraction of sp³-hybridized carbons (Fsp3) is 0.0714. The first-order chi connectivity index (χ1) is 16.2. The van der Waals surface area contributed by atoms with E-state index in [0.717, 1.165) is 44.7 Å². The van der Waals surface area contributed by atoms with Crippen LogP contribution in [0.4, 0.5) is 15.8 Å². The average Bonchev–Trinajstić information content (AvgIpc) is 3.31. The molecule has 33 heavy (non-hydrogen) atoms. The predicted molar refractivity (Wildman–Crippen MR) is 137 cm³/mol. The van der Waals surface area contributed by atoms with Crippen molar-refractivity contribution >= 4 is 39.2 Å². The summed E-state index contributed by atoms with van der Waals surface area (Å²) in [4.78, 5) is 4.65. The molecule has 0 spiro atoms. The van der Waals surface area contributed by atoms with Gasteiger partial charge in [0.05, 0.1) is 23.1 Å². The normalized spacial score (nSPS) is 15.8. The van der Waals surface area contributed by atoms with Gasteiger partial charge >= 0.3 is 0 Å².